The molecule has 322 valence electrons. The molecule has 0 fully saturated rings. The smallest absolute Gasteiger partial charge is 0.238 e. The average molecular weight is 882 g/mol. The zero-order valence-corrected chi connectivity index (χ0v) is 37.2. The molecule has 0 saturated heterocycles. The van der Waals surface area contributed by atoms with E-state index in [1.54, 1.807) is 0 Å². The summed E-state index contributed by atoms with van der Waals surface area (Å²) in [5.41, 5.74) is 15.2. The third-order valence-electron chi connectivity index (χ3n) is 13.6. The maximum absolute atomic E-state index is 6.88. The molecule has 0 amide bonds. The Bertz CT molecular complexity index is 4280. The number of hydrogen-bond donors (Lipinski definition) is 0. The van der Waals surface area contributed by atoms with Gasteiger partial charge in [0.1, 0.15) is 11.2 Å². The van der Waals surface area contributed by atoms with Crippen LogP contribution in [0.25, 0.3) is 133 Å². The monoisotopic (exact) mass is 881 g/mol. The van der Waals surface area contributed by atoms with E-state index in [-0.39, 0.29) is 0 Å². The highest BCUT2D eigenvalue weighted by molar-refractivity contribution is 6.24. The first kappa shape index (κ1) is 38.8. The zero-order chi connectivity index (χ0) is 45.4. The molecule has 0 radical (unpaired) electrons. The predicted molar refractivity (Wildman–Crippen MR) is 283 cm³/mol. The molecule has 0 bridgehead atoms. The number of aromatic nitrogens is 5. The Morgan fingerprint density at radius 3 is 1.54 bits per heavy atom. The van der Waals surface area contributed by atoms with E-state index in [1.165, 1.54) is 10.9 Å². The number of furan rings is 1. The molecule has 10 aromatic carbocycles. The average Bonchev–Trinajstić information content (AvgIpc) is 4.10. The van der Waals surface area contributed by atoms with Crippen molar-refractivity contribution in [3.05, 3.63) is 237 Å². The summed E-state index contributed by atoms with van der Waals surface area (Å²) < 4.78 is 11.5. The Hall–Kier alpha value is -9.39. The molecule has 0 unspecified atom stereocenters. The highest BCUT2D eigenvalue weighted by Gasteiger charge is 2.25. The van der Waals surface area contributed by atoms with Crippen molar-refractivity contribution in [3.63, 3.8) is 0 Å². The number of para-hydroxylation sites is 3. The summed E-state index contributed by atoms with van der Waals surface area (Å²) >= 11 is 0. The molecular formula is C63H39N5O. The van der Waals surface area contributed by atoms with E-state index < -0.39 is 0 Å². The van der Waals surface area contributed by atoms with Crippen molar-refractivity contribution < 1.29 is 4.42 Å². The highest BCUT2D eigenvalue weighted by Crippen LogP contribution is 2.44. The molecule has 0 N–H and O–H groups in total. The van der Waals surface area contributed by atoms with E-state index in [9.17, 15) is 0 Å². The van der Waals surface area contributed by atoms with E-state index in [1.807, 2.05) is 18.2 Å². The summed E-state index contributed by atoms with van der Waals surface area (Å²) in [5, 5.41) is 6.57. The quantitative estimate of drug-likeness (QED) is 0.160. The largest absolute Gasteiger partial charge is 0.455 e. The molecule has 69 heavy (non-hydrogen) atoms. The van der Waals surface area contributed by atoms with Gasteiger partial charge in [-0.3, -0.25) is 4.57 Å². The summed E-state index contributed by atoms with van der Waals surface area (Å²) in [5.74, 6) is 1.58. The topological polar surface area (TPSA) is 61.7 Å². The fraction of sp³-hybridized carbons (Fsp3) is 0. The molecule has 0 aliphatic carbocycles. The fourth-order valence-electron chi connectivity index (χ4n) is 10.5. The van der Waals surface area contributed by atoms with E-state index in [4.69, 9.17) is 19.4 Å². The number of rotatable bonds is 7. The second kappa shape index (κ2) is 15.6. The third kappa shape index (κ3) is 6.23. The maximum Gasteiger partial charge on any atom is 0.238 e. The minimum atomic E-state index is 0.508. The van der Waals surface area contributed by atoms with E-state index in [0.29, 0.717) is 17.6 Å². The van der Waals surface area contributed by atoms with Gasteiger partial charge in [-0.05, 0) is 75.8 Å². The van der Waals surface area contributed by atoms with Gasteiger partial charge in [0.05, 0.1) is 27.6 Å². The van der Waals surface area contributed by atoms with Crippen molar-refractivity contribution in [2.75, 3.05) is 0 Å². The molecule has 0 spiro atoms. The van der Waals surface area contributed by atoms with Gasteiger partial charge in [-0.25, -0.2) is 4.98 Å². The molecule has 4 aromatic heterocycles. The van der Waals surface area contributed by atoms with Crippen LogP contribution in [0.4, 0.5) is 0 Å². The fourth-order valence-corrected chi connectivity index (χ4v) is 10.5. The Labute approximate surface area is 396 Å². The number of benzene rings is 10. The molecule has 14 rings (SSSR count). The van der Waals surface area contributed by atoms with E-state index >= 15 is 0 Å². The Morgan fingerprint density at radius 1 is 0.319 bits per heavy atom. The van der Waals surface area contributed by atoms with Crippen molar-refractivity contribution in [3.8, 4) is 67.8 Å². The molecule has 0 atom stereocenters. The van der Waals surface area contributed by atoms with E-state index in [2.05, 4.69) is 228 Å². The van der Waals surface area contributed by atoms with Crippen LogP contribution in [-0.4, -0.2) is 24.1 Å². The van der Waals surface area contributed by atoms with Gasteiger partial charge in [0, 0.05) is 43.6 Å². The zero-order valence-electron chi connectivity index (χ0n) is 37.2. The molecule has 0 saturated carbocycles. The Kier molecular flexibility index (Phi) is 8.79. The summed E-state index contributed by atoms with van der Waals surface area (Å²) in [6.07, 6.45) is 0. The van der Waals surface area contributed by atoms with Crippen LogP contribution in [0.2, 0.25) is 0 Å². The molecule has 6 heteroatoms. The van der Waals surface area contributed by atoms with Gasteiger partial charge in [-0.1, -0.05) is 194 Å². The summed E-state index contributed by atoms with van der Waals surface area (Å²) in [4.78, 5) is 16.4. The summed E-state index contributed by atoms with van der Waals surface area (Å²) in [7, 11) is 0. The van der Waals surface area contributed by atoms with Crippen LogP contribution >= 0.6 is 0 Å². The lowest BCUT2D eigenvalue weighted by atomic mass is 9.99. The van der Waals surface area contributed by atoms with Crippen molar-refractivity contribution in [1.82, 2.24) is 24.1 Å². The second-order valence-corrected chi connectivity index (χ2v) is 17.5. The molecular weight excluding hydrogens is 843 g/mol. The lowest BCUT2D eigenvalue weighted by molar-refractivity contribution is 0.669. The molecule has 6 nitrogen and oxygen atoms in total. The van der Waals surface area contributed by atoms with Crippen LogP contribution in [0.3, 0.4) is 0 Å². The van der Waals surface area contributed by atoms with Crippen LogP contribution in [0, 0.1) is 0 Å². The van der Waals surface area contributed by atoms with Crippen LogP contribution in [0.5, 0.6) is 0 Å². The third-order valence-corrected chi connectivity index (χ3v) is 13.6. The lowest BCUT2D eigenvalue weighted by Gasteiger charge is -2.14. The van der Waals surface area contributed by atoms with Crippen LogP contribution in [0.15, 0.2) is 241 Å². The van der Waals surface area contributed by atoms with Crippen molar-refractivity contribution in [1.29, 1.82) is 0 Å². The van der Waals surface area contributed by atoms with Gasteiger partial charge in [-0.15, -0.1) is 0 Å². The SMILES string of the molecule is c1ccc(-c2ccc(-n3c4ccccc4c4ccc5c6ccccc6n(-c6nc(-c7cccc(-c8ccccc8)c7)nc(-c7cccc8c7oc7cccc(-c9ccccc9)c78)n6)c5c43)cc2)cc1. The minimum absolute atomic E-state index is 0.508. The van der Waals surface area contributed by atoms with Crippen molar-refractivity contribution in [2.45, 2.75) is 0 Å². The van der Waals surface area contributed by atoms with Crippen LogP contribution in [-0.2, 0) is 0 Å². The standard InChI is InChI=1S/C63H39N5O/c1-4-17-40(18-5-1)42-33-35-46(36-34-42)67-54-30-12-10-25-48(54)50-37-38-51-49-26-11-13-31-55(49)68(59(51)58(50)67)63-65-61(45-24-14-23-44(39-45)41-19-6-2-7-20-41)64-62(66-63)53-29-15-28-52-57-47(43-21-8-3-9-22-43)27-16-32-56(57)69-60(52)53/h1-39H. The number of fused-ring (bicyclic) bond motifs is 10. The number of nitrogens with zero attached hydrogens (tertiary/aromatic N) is 5. The Morgan fingerprint density at radius 2 is 0.826 bits per heavy atom. The molecule has 4 heterocycles. The van der Waals surface area contributed by atoms with Gasteiger partial charge < -0.3 is 8.98 Å². The van der Waals surface area contributed by atoms with Gasteiger partial charge in [0.15, 0.2) is 11.6 Å². The number of hydrogen-bond acceptors (Lipinski definition) is 4. The predicted octanol–water partition coefficient (Wildman–Crippen LogP) is 16.3. The minimum Gasteiger partial charge on any atom is -0.455 e. The summed E-state index contributed by atoms with van der Waals surface area (Å²) in [6, 6.07) is 83.2. The molecule has 14 aromatic rings. The Balaban J connectivity index is 1.07. The normalized spacial score (nSPS) is 11.8. The second-order valence-electron chi connectivity index (χ2n) is 17.5. The first-order chi connectivity index (χ1) is 34.2. The van der Waals surface area contributed by atoms with Gasteiger partial charge in [0.25, 0.3) is 0 Å². The summed E-state index contributed by atoms with van der Waals surface area (Å²) in [6.45, 7) is 0. The first-order valence-corrected chi connectivity index (χ1v) is 23.3. The van der Waals surface area contributed by atoms with Crippen LogP contribution in [0.1, 0.15) is 0 Å². The molecule has 0 aliphatic heterocycles. The van der Waals surface area contributed by atoms with Crippen molar-refractivity contribution >= 4 is 65.6 Å². The maximum atomic E-state index is 6.88. The van der Waals surface area contributed by atoms with Crippen LogP contribution < -0.4 is 0 Å². The van der Waals surface area contributed by atoms with Crippen molar-refractivity contribution in [2.24, 2.45) is 0 Å². The first-order valence-electron chi connectivity index (χ1n) is 23.3. The van der Waals surface area contributed by atoms with E-state index in [0.717, 1.165) is 105 Å². The lowest BCUT2D eigenvalue weighted by Crippen LogP contribution is -2.07. The van der Waals surface area contributed by atoms with Gasteiger partial charge in [0.2, 0.25) is 5.95 Å². The van der Waals surface area contributed by atoms with Gasteiger partial charge >= 0.3 is 0 Å². The molecule has 0 aliphatic rings. The van der Waals surface area contributed by atoms with Gasteiger partial charge in [-0.2, -0.15) is 9.97 Å². The highest BCUT2D eigenvalue weighted by atomic mass is 16.3.